The molecule has 1 aromatic carbocycles. The summed E-state index contributed by atoms with van der Waals surface area (Å²) < 4.78 is 1.55. The van der Waals surface area contributed by atoms with Crippen LogP contribution in [0.3, 0.4) is 0 Å². The zero-order valence-electron chi connectivity index (χ0n) is 16.1. The largest absolute Gasteiger partial charge is 0.368 e. The monoisotopic (exact) mass is 369 g/mol. The highest BCUT2D eigenvalue weighted by Gasteiger charge is 2.24. The van der Waals surface area contributed by atoms with Crippen LogP contribution in [0.2, 0.25) is 0 Å². The average molecular weight is 369 g/mol. The van der Waals surface area contributed by atoms with Crippen LogP contribution in [-0.4, -0.2) is 64.6 Å². The summed E-state index contributed by atoms with van der Waals surface area (Å²) in [5.74, 6) is -0.378. The summed E-state index contributed by atoms with van der Waals surface area (Å²) in [6.07, 6.45) is 5.50. The molecule has 0 radical (unpaired) electrons. The number of aromatic nitrogens is 2. The third-order valence-corrected chi connectivity index (χ3v) is 5.43. The van der Waals surface area contributed by atoms with Crippen LogP contribution in [0, 0.1) is 0 Å². The zero-order valence-corrected chi connectivity index (χ0v) is 16.1. The number of amides is 2. The van der Waals surface area contributed by atoms with E-state index >= 15 is 0 Å². The summed E-state index contributed by atoms with van der Waals surface area (Å²) >= 11 is 0. The highest BCUT2D eigenvalue weighted by atomic mass is 16.2. The highest BCUT2D eigenvalue weighted by molar-refractivity contribution is 5.94. The van der Waals surface area contributed by atoms with Crippen molar-refractivity contribution in [3.63, 3.8) is 0 Å². The van der Waals surface area contributed by atoms with E-state index in [1.54, 1.807) is 24.0 Å². The van der Waals surface area contributed by atoms with Crippen molar-refractivity contribution in [2.24, 2.45) is 5.73 Å². The Bertz CT molecular complexity index is 806. The number of benzene rings is 1. The lowest BCUT2D eigenvalue weighted by molar-refractivity contribution is -0.120. The summed E-state index contributed by atoms with van der Waals surface area (Å²) in [5.41, 5.74) is 7.82. The number of carbonyl (C=O) groups excluding carboxylic acids is 2. The van der Waals surface area contributed by atoms with Gasteiger partial charge in [-0.05, 0) is 57.6 Å². The standard InChI is InChI=1S/C20H27N5O2/c1-14(19(21)26)25-13-17(12-22-25)15-4-6-16(7-5-15)20(27)24(3)18-8-10-23(2)11-9-18/h4-7,12-14,18H,8-11H2,1-3H3,(H2,21,26)/t14-/m1/s1. The smallest absolute Gasteiger partial charge is 0.253 e. The van der Waals surface area contributed by atoms with E-state index in [9.17, 15) is 9.59 Å². The number of nitrogens with zero attached hydrogens (tertiary/aromatic N) is 4. The van der Waals surface area contributed by atoms with E-state index in [1.165, 1.54) is 0 Å². The summed E-state index contributed by atoms with van der Waals surface area (Å²) in [4.78, 5) is 28.2. The van der Waals surface area contributed by atoms with Crippen LogP contribution >= 0.6 is 0 Å². The Morgan fingerprint density at radius 3 is 2.41 bits per heavy atom. The fraction of sp³-hybridized carbons (Fsp3) is 0.450. The molecule has 0 saturated carbocycles. The second kappa shape index (κ2) is 7.92. The minimum Gasteiger partial charge on any atom is -0.368 e. The minimum atomic E-state index is -0.497. The zero-order chi connectivity index (χ0) is 19.6. The molecule has 2 heterocycles. The summed E-state index contributed by atoms with van der Waals surface area (Å²) in [6.45, 7) is 3.75. The molecular formula is C20H27N5O2. The molecular weight excluding hydrogens is 342 g/mol. The number of nitrogens with two attached hydrogens (primary N) is 1. The van der Waals surface area contributed by atoms with Crippen LogP contribution in [0.5, 0.6) is 0 Å². The Morgan fingerprint density at radius 2 is 1.81 bits per heavy atom. The third-order valence-electron chi connectivity index (χ3n) is 5.43. The third kappa shape index (κ3) is 4.19. The molecule has 1 fully saturated rings. The first-order valence-corrected chi connectivity index (χ1v) is 9.26. The Labute approximate surface area is 159 Å². The lowest BCUT2D eigenvalue weighted by atomic mass is 10.0. The van der Waals surface area contributed by atoms with E-state index in [1.807, 2.05) is 36.2 Å². The molecule has 0 spiro atoms. The fourth-order valence-corrected chi connectivity index (χ4v) is 3.39. The molecule has 1 saturated heterocycles. The minimum absolute atomic E-state index is 0.0501. The molecule has 3 rings (SSSR count). The fourth-order valence-electron chi connectivity index (χ4n) is 3.39. The molecule has 7 heteroatoms. The Balaban J connectivity index is 1.69. The predicted octanol–water partition coefficient (Wildman–Crippen LogP) is 1.76. The molecule has 0 unspecified atom stereocenters. The summed E-state index contributed by atoms with van der Waals surface area (Å²) in [6, 6.07) is 7.30. The van der Waals surface area contributed by atoms with Gasteiger partial charge in [0.05, 0.1) is 6.20 Å². The van der Waals surface area contributed by atoms with Gasteiger partial charge in [-0.3, -0.25) is 14.3 Å². The normalized spacial score (nSPS) is 16.9. The van der Waals surface area contributed by atoms with Crippen molar-refractivity contribution in [1.82, 2.24) is 19.6 Å². The van der Waals surface area contributed by atoms with Crippen LogP contribution in [0.4, 0.5) is 0 Å². The number of rotatable bonds is 5. The van der Waals surface area contributed by atoms with Gasteiger partial charge in [0, 0.05) is 30.4 Å². The molecule has 0 aliphatic carbocycles. The van der Waals surface area contributed by atoms with Crippen LogP contribution < -0.4 is 5.73 Å². The summed E-state index contributed by atoms with van der Waals surface area (Å²) in [5, 5.41) is 4.20. The Hall–Kier alpha value is -2.67. The molecule has 1 atom stereocenters. The van der Waals surface area contributed by atoms with E-state index in [0.717, 1.165) is 37.1 Å². The maximum Gasteiger partial charge on any atom is 0.253 e. The van der Waals surface area contributed by atoms with E-state index in [-0.39, 0.29) is 5.91 Å². The van der Waals surface area contributed by atoms with Crippen molar-refractivity contribution >= 4 is 11.8 Å². The molecule has 2 N–H and O–H groups in total. The molecule has 1 aliphatic rings. The van der Waals surface area contributed by atoms with Crippen molar-refractivity contribution in [2.75, 3.05) is 27.2 Å². The van der Waals surface area contributed by atoms with Gasteiger partial charge in [0.2, 0.25) is 5.91 Å². The number of carbonyl (C=O) groups is 2. The number of primary amides is 1. The van der Waals surface area contributed by atoms with Crippen LogP contribution in [0.25, 0.3) is 11.1 Å². The van der Waals surface area contributed by atoms with Gasteiger partial charge in [0.15, 0.2) is 0 Å². The summed E-state index contributed by atoms with van der Waals surface area (Å²) in [7, 11) is 4.00. The number of hydrogen-bond donors (Lipinski definition) is 1. The molecule has 1 aromatic heterocycles. The van der Waals surface area contributed by atoms with E-state index in [2.05, 4.69) is 17.0 Å². The van der Waals surface area contributed by atoms with E-state index in [4.69, 9.17) is 5.73 Å². The predicted molar refractivity (Wildman–Crippen MR) is 104 cm³/mol. The Kier molecular flexibility index (Phi) is 5.60. The van der Waals surface area contributed by atoms with Crippen LogP contribution in [0.15, 0.2) is 36.7 Å². The van der Waals surface area contributed by atoms with Gasteiger partial charge in [-0.15, -0.1) is 0 Å². The maximum atomic E-state index is 12.8. The number of likely N-dealkylation sites (tertiary alicyclic amines) is 1. The van der Waals surface area contributed by atoms with E-state index in [0.29, 0.717) is 11.6 Å². The first kappa shape index (κ1) is 19.1. The molecule has 1 aliphatic heterocycles. The van der Waals surface area contributed by atoms with Crippen molar-refractivity contribution < 1.29 is 9.59 Å². The van der Waals surface area contributed by atoms with Crippen molar-refractivity contribution in [2.45, 2.75) is 31.8 Å². The second-order valence-electron chi connectivity index (χ2n) is 7.32. The first-order valence-electron chi connectivity index (χ1n) is 9.26. The van der Waals surface area contributed by atoms with Gasteiger partial charge in [-0.1, -0.05) is 12.1 Å². The van der Waals surface area contributed by atoms with Crippen LogP contribution in [-0.2, 0) is 4.79 Å². The van der Waals surface area contributed by atoms with Gasteiger partial charge in [0.25, 0.3) is 5.91 Å². The van der Waals surface area contributed by atoms with Gasteiger partial charge in [0.1, 0.15) is 6.04 Å². The van der Waals surface area contributed by atoms with Gasteiger partial charge in [-0.25, -0.2) is 0 Å². The van der Waals surface area contributed by atoms with E-state index < -0.39 is 11.9 Å². The maximum absolute atomic E-state index is 12.8. The first-order chi connectivity index (χ1) is 12.9. The molecule has 144 valence electrons. The molecule has 7 nitrogen and oxygen atoms in total. The highest BCUT2D eigenvalue weighted by Crippen LogP contribution is 2.22. The van der Waals surface area contributed by atoms with Crippen LogP contribution in [0.1, 0.15) is 36.2 Å². The van der Waals surface area contributed by atoms with Crippen molar-refractivity contribution in [3.8, 4) is 11.1 Å². The lowest BCUT2D eigenvalue weighted by Gasteiger charge is -2.35. The second-order valence-corrected chi connectivity index (χ2v) is 7.32. The topological polar surface area (TPSA) is 84.5 Å². The quantitative estimate of drug-likeness (QED) is 0.870. The van der Waals surface area contributed by atoms with Crippen molar-refractivity contribution in [1.29, 1.82) is 0 Å². The molecule has 27 heavy (non-hydrogen) atoms. The number of piperidine rings is 1. The number of hydrogen-bond acceptors (Lipinski definition) is 4. The van der Waals surface area contributed by atoms with Gasteiger partial charge >= 0.3 is 0 Å². The molecule has 2 aromatic rings. The molecule has 0 bridgehead atoms. The average Bonchev–Trinajstić information content (AvgIpc) is 3.17. The lowest BCUT2D eigenvalue weighted by Crippen LogP contribution is -2.44. The van der Waals surface area contributed by atoms with Gasteiger partial charge in [-0.2, -0.15) is 5.10 Å². The molecule has 2 amide bonds. The van der Waals surface area contributed by atoms with Crippen molar-refractivity contribution in [3.05, 3.63) is 42.2 Å². The Morgan fingerprint density at radius 1 is 1.19 bits per heavy atom. The SMILES string of the molecule is C[C@H](C(N)=O)n1cc(-c2ccc(C(=O)N(C)C3CCN(C)CC3)cc2)cn1. The van der Waals surface area contributed by atoms with Gasteiger partial charge < -0.3 is 15.5 Å².